The molecule has 0 bridgehead atoms. The maximum atomic E-state index is 13.2. The molecule has 1 aliphatic heterocycles. The molecule has 0 atom stereocenters. The molecule has 0 saturated carbocycles. The predicted octanol–water partition coefficient (Wildman–Crippen LogP) is 3.02. The molecule has 2 aromatic heterocycles. The second kappa shape index (κ2) is 6.90. The summed E-state index contributed by atoms with van der Waals surface area (Å²) in [5, 5.41) is -0.566. The van der Waals surface area contributed by atoms with Crippen LogP contribution in [0.4, 0.5) is 19.0 Å². The number of anilines is 1. The third kappa shape index (κ3) is 3.33. The van der Waals surface area contributed by atoms with Gasteiger partial charge in [0.05, 0.1) is 22.0 Å². The Morgan fingerprint density at radius 1 is 1.07 bits per heavy atom. The summed E-state index contributed by atoms with van der Waals surface area (Å²) in [6.45, 7) is 3.16. The van der Waals surface area contributed by atoms with Crippen molar-refractivity contribution in [2.24, 2.45) is 0 Å². The van der Waals surface area contributed by atoms with Crippen molar-refractivity contribution in [2.45, 2.75) is 6.18 Å². The van der Waals surface area contributed by atoms with Crippen molar-refractivity contribution in [2.75, 3.05) is 38.1 Å². The van der Waals surface area contributed by atoms with Gasteiger partial charge in [-0.15, -0.1) is 0 Å². The quantitative estimate of drug-likeness (QED) is 0.670. The van der Waals surface area contributed by atoms with Gasteiger partial charge in [0.1, 0.15) is 5.82 Å². The number of rotatable bonds is 2. The number of alkyl halides is 3. The van der Waals surface area contributed by atoms with Crippen molar-refractivity contribution >= 4 is 16.7 Å². The molecule has 0 amide bonds. The Bertz CT molecular complexity index is 1070. The number of nitrogens with zero attached hydrogens (tertiary/aromatic N) is 4. The van der Waals surface area contributed by atoms with Crippen LogP contribution in [0.1, 0.15) is 5.56 Å². The van der Waals surface area contributed by atoms with E-state index in [2.05, 4.69) is 14.9 Å². The monoisotopic (exact) mass is 390 g/mol. The van der Waals surface area contributed by atoms with E-state index in [9.17, 15) is 18.0 Å². The minimum Gasteiger partial charge on any atom is -0.403 e. The fourth-order valence-electron chi connectivity index (χ4n) is 3.30. The van der Waals surface area contributed by atoms with Gasteiger partial charge in [0.25, 0.3) is 0 Å². The Hall–Kier alpha value is -2.94. The molecule has 0 unspecified atom stereocenters. The fraction of sp³-hybridized carbons (Fsp3) is 0.316. The zero-order chi connectivity index (χ0) is 19.9. The summed E-state index contributed by atoms with van der Waals surface area (Å²) in [6.07, 6.45) is -3.05. The molecule has 1 fully saturated rings. The predicted molar refractivity (Wildman–Crippen MR) is 98.2 cm³/mol. The van der Waals surface area contributed by atoms with E-state index in [0.29, 0.717) is 11.4 Å². The zero-order valence-electron chi connectivity index (χ0n) is 15.0. The molecule has 9 heteroatoms. The summed E-state index contributed by atoms with van der Waals surface area (Å²) in [6, 6.07) is 6.82. The molecule has 3 aromatic rings. The lowest BCUT2D eigenvalue weighted by Crippen LogP contribution is -2.45. The molecule has 4 rings (SSSR count). The Morgan fingerprint density at radius 2 is 1.82 bits per heavy atom. The number of aromatic nitrogens is 2. The van der Waals surface area contributed by atoms with E-state index in [1.807, 2.05) is 11.9 Å². The topological polar surface area (TPSA) is 62.5 Å². The minimum atomic E-state index is -4.67. The molecule has 0 N–H and O–H groups in total. The van der Waals surface area contributed by atoms with Gasteiger partial charge in [-0.25, -0.2) is 14.8 Å². The Labute approximate surface area is 158 Å². The highest BCUT2D eigenvalue weighted by Gasteiger charge is 2.34. The number of pyridine rings is 1. The average Bonchev–Trinajstić information content (AvgIpc) is 2.67. The largest absolute Gasteiger partial charge is 0.417 e. The SMILES string of the molecule is CN1CCN(c2ncccc2-c2nc3cccc(C(F)(F)F)c3c(=O)o2)CC1. The number of hydrogen-bond donors (Lipinski definition) is 0. The number of hydrogen-bond acceptors (Lipinski definition) is 6. The molecule has 1 saturated heterocycles. The van der Waals surface area contributed by atoms with Gasteiger partial charge in [0.15, 0.2) is 0 Å². The van der Waals surface area contributed by atoms with E-state index in [0.717, 1.165) is 32.2 Å². The maximum Gasteiger partial charge on any atom is 0.417 e. The Kier molecular flexibility index (Phi) is 4.54. The molecule has 0 radical (unpaired) electrons. The summed E-state index contributed by atoms with van der Waals surface area (Å²) < 4.78 is 44.9. The van der Waals surface area contributed by atoms with Gasteiger partial charge in [-0.3, -0.25) is 0 Å². The molecule has 28 heavy (non-hydrogen) atoms. The van der Waals surface area contributed by atoms with E-state index < -0.39 is 22.8 Å². The van der Waals surface area contributed by atoms with E-state index in [1.54, 1.807) is 18.3 Å². The van der Waals surface area contributed by atoms with Gasteiger partial charge in [0.2, 0.25) is 5.89 Å². The zero-order valence-corrected chi connectivity index (χ0v) is 15.0. The van der Waals surface area contributed by atoms with E-state index in [4.69, 9.17) is 4.42 Å². The first-order valence-corrected chi connectivity index (χ1v) is 8.74. The summed E-state index contributed by atoms with van der Waals surface area (Å²) in [5.41, 5.74) is -1.71. The van der Waals surface area contributed by atoms with Crippen LogP contribution < -0.4 is 10.5 Å². The third-order valence-corrected chi connectivity index (χ3v) is 4.78. The smallest absolute Gasteiger partial charge is 0.403 e. The molecule has 0 aliphatic carbocycles. The minimum absolute atomic E-state index is 0.0427. The lowest BCUT2D eigenvalue weighted by atomic mass is 10.1. The molecule has 6 nitrogen and oxygen atoms in total. The van der Waals surface area contributed by atoms with Gasteiger partial charge in [-0.1, -0.05) is 6.07 Å². The van der Waals surface area contributed by atoms with E-state index in [1.165, 1.54) is 12.1 Å². The molecular formula is C19H17F3N4O2. The first-order valence-electron chi connectivity index (χ1n) is 8.74. The van der Waals surface area contributed by atoms with Crippen LogP contribution >= 0.6 is 0 Å². The number of benzene rings is 1. The van der Waals surface area contributed by atoms with Crippen molar-refractivity contribution in [1.82, 2.24) is 14.9 Å². The standard InChI is InChI=1S/C19H17F3N4O2/c1-25-8-10-26(11-9-25)16-12(4-3-7-23-16)17-24-14-6-2-5-13(19(20,21)22)15(14)18(27)28-17/h2-7H,8-11H2,1H3. The van der Waals surface area contributed by atoms with Crippen molar-refractivity contribution < 1.29 is 17.6 Å². The van der Waals surface area contributed by atoms with Crippen LogP contribution in [0.25, 0.3) is 22.4 Å². The Morgan fingerprint density at radius 3 is 2.54 bits per heavy atom. The lowest BCUT2D eigenvalue weighted by Gasteiger charge is -2.33. The summed E-state index contributed by atoms with van der Waals surface area (Å²) in [5.74, 6) is 0.552. The highest BCUT2D eigenvalue weighted by Crippen LogP contribution is 2.34. The normalized spacial score (nSPS) is 15.9. The van der Waals surface area contributed by atoms with Gasteiger partial charge >= 0.3 is 11.8 Å². The van der Waals surface area contributed by atoms with Crippen molar-refractivity contribution in [3.05, 3.63) is 52.5 Å². The van der Waals surface area contributed by atoms with Gasteiger partial charge < -0.3 is 14.2 Å². The van der Waals surface area contributed by atoms with Crippen LogP contribution in [0.2, 0.25) is 0 Å². The molecule has 0 spiro atoms. The fourth-order valence-corrected chi connectivity index (χ4v) is 3.30. The summed E-state index contributed by atoms with van der Waals surface area (Å²) in [7, 11) is 2.03. The van der Waals surface area contributed by atoms with E-state index >= 15 is 0 Å². The number of fused-ring (bicyclic) bond motifs is 1. The number of likely N-dealkylation sites (N-methyl/N-ethyl adjacent to an activating group) is 1. The number of piperazine rings is 1. The van der Waals surface area contributed by atoms with Crippen LogP contribution in [0.5, 0.6) is 0 Å². The van der Waals surface area contributed by atoms with Crippen LogP contribution in [-0.2, 0) is 6.18 Å². The maximum absolute atomic E-state index is 13.2. The third-order valence-electron chi connectivity index (χ3n) is 4.78. The van der Waals surface area contributed by atoms with Gasteiger partial charge in [-0.2, -0.15) is 13.2 Å². The van der Waals surface area contributed by atoms with Crippen LogP contribution in [0, 0.1) is 0 Å². The van der Waals surface area contributed by atoms with Crippen LogP contribution in [0.15, 0.2) is 45.7 Å². The van der Waals surface area contributed by atoms with Crippen molar-refractivity contribution in [3.63, 3.8) is 0 Å². The molecular weight excluding hydrogens is 373 g/mol. The second-order valence-electron chi connectivity index (χ2n) is 6.67. The molecule has 1 aromatic carbocycles. The molecule has 146 valence electrons. The molecule has 1 aliphatic rings. The first kappa shape index (κ1) is 18.4. The highest BCUT2D eigenvalue weighted by atomic mass is 19.4. The van der Waals surface area contributed by atoms with E-state index in [-0.39, 0.29) is 11.4 Å². The number of halogens is 3. The second-order valence-corrected chi connectivity index (χ2v) is 6.67. The lowest BCUT2D eigenvalue weighted by molar-refractivity contribution is -0.136. The van der Waals surface area contributed by atoms with Crippen molar-refractivity contribution in [3.8, 4) is 11.5 Å². The average molecular weight is 390 g/mol. The Balaban J connectivity index is 1.84. The van der Waals surface area contributed by atoms with Crippen LogP contribution in [0.3, 0.4) is 0 Å². The summed E-state index contributed by atoms with van der Waals surface area (Å²) >= 11 is 0. The van der Waals surface area contributed by atoms with Gasteiger partial charge in [-0.05, 0) is 31.3 Å². The molecule has 3 heterocycles. The van der Waals surface area contributed by atoms with Crippen LogP contribution in [-0.4, -0.2) is 48.1 Å². The summed E-state index contributed by atoms with van der Waals surface area (Å²) in [4.78, 5) is 25.3. The van der Waals surface area contributed by atoms with Gasteiger partial charge in [0, 0.05) is 32.4 Å². The van der Waals surface area contributed by atoms with Crippen molar-refractivity contribution in [1.29, 1.82) is 0 Å². The highest BCUT2D eigenvalue weighted by molar-refractivity contribution is 5.83. The first-order chi connectivity index (χ1) is 13.3.